The highest BCUT2D eigenvalue weighted by Gasteiger charge is 2.27. The molecule has 1 saturated carbocycles. The largest absolute Gasteiger partial charge is 0.468 e. The first-order valence-corrected chi connectivity index (χ1v) is 7.21. The molecule has 1 atom stereocenters. The van der Waals surface area contributed by atoms with Gasteiger partial charge in [-0.25, -0.2) is 9.18 Å². The number of rotatable bonds is 4. The molecule has 1 aromatic carbocycles. The minimum atomic E-state index is -0.719. The van der Waals surface area contributed by atoms with Crippen molar-refractivity contribution in [3.8, 4) is 0 Å². The van der Waals surface area contributed by atoms with Gasteiger partial charge in [0, 0.05) is 11.6 Å². The van der Waals surface area contributed by atoms with Gasteiger partial charge in [-0.15, -0.1) is 0 Å². The van der Waals surface area contributed by atoms with Gasteiger partial charge in [0.25, 0.3) is 0 Å². The van der Waals surface area contributed by atoms with Crippen molar-refractivity contribution in [2.24, 2.45) is 0 Å². The Hall–Kier alpha value is -1.42. The summed E-state index contributed by atoms with van der Waals surface area (Å²) in [5.41, 5.74) is 1.31. The van der Waals surface area contributed by atoms with Crippen LogP contribution in [0.25, 0.3) is 0 Å². The molecule has 3 nitrogen and oxygen atoms in total. The second-order valence-electron chi connectivity index (χ2n) is 5.48. The Labute approximate surface area is 119 Å². The van der Waals surface area contributed by atoms with E-state index in [1.165, 1.54) is 19.6 Å². The molecular formula is C16H22FNO2. The van der Waals surface area contributed by atoms with E-state index < -0.39 is 12.0 Å². The number of ether oxygens (including phenoxy) is 1. The van der Waals surface area contributed by atoms with Crippen LogP contribution in [0, 0.1) is 12.7 Å². The summed E-state index contributed by atoms with van der Waals surface area (Å²) in [7, 11) is 1.34. The van der Waals surface area contributed by atoms with Crippen LogP contribution in [0.1, 0.15) is 49.3 Å². The standard InChI is InChI=1S/C16H22FNO2/c1-11-8-9-14(17)13(10-11)15(16(19)20-2)18-12-6-4-3-5-7-12/h8-10,12,15,18H,3-7H2,1-2H3. The first kappa shape index (κ1) is 15.0. The summed E-state index contributed by atoms with van der Waals surface area (Å²) in [4.78, 5) is 12.0. The van der Waals surface area contributed by atoms with E-state index in [0.29, 0.717) is 5.56 Å². The maximum Gasteiger partial charge on any atom is 0.327 e. The van der Waals surface area contributed by atoms with Crippen molar-refractivity contribution < 1.29 is 13.9 Å². The van der Waals surface area contributed by atoms with Crippen molar-refractivity contribution in [2.45, 2.75) is 51.1 Å². The second kappa shape index (κ2) is 6.84. The lowest BCUT2D eigenvalue weighted by molar-refractivity contribution is -0.143. The highest BCUT2D eigenvalue weighted by molar-refractivity contribution is 5.77. The van der Waals surface area contributed by atoms with Crippen molar-refractivity contribution in [2.75, 3.05) is 7.11 Å². The summed E-state index contributed by atoms with van der Waals surface area (Å²) in [5, 5.41) is 3.28. The molecule has 4 heteroatoms. The van der Waals surface area contributed by atoms with Crippen LogP contribution in [0.5, 0.6) is 0 Å². The Morgan fingerprint density at radius 1 is 1.35 bits per heavy atom. The molecule has 110 valence electrons. The number of methoxy groups -OCH3 is 1. The predicted molar refractivity (Wildman–Crippen MR) is 75.9 cm³/mol. The van der Waals surface area contributed by atoms with Gasteiger partial charge in [0.2, 0.25) is 0 Å². The van der Waals surface area contributed by atoms with Gasteiger partial charge in [-0.3, -0.25) is 5.32 Å². The smallest absolute Gasteiger partial charge is 0.327 e. The van der Waals surface area contributed by atoms with Crippen LogP contribution in [-0.2, 0) is 9.53 Å². The lowest BCUT2D eigenvalue weighted by Gasteiger charge is -2.27. The number of carbonyl (C=O) groups is 1. The molecule has 0 aliphatic heterocycles. The van der Waals surface area contributed by atoms with Crippen molar-refractivity contribution in [3.05, 3.63) is 35.1 Å². The molecular weight excluding hydrogens is 257 g/mol. The zero-order chi connectivity index (χ0) is 14.5. The molecule has 0 bridgehead atoms. The van der Waals surface area contributed by atoms with Crippen molar-refractivity contribution in [3.63, 3.8) is 0 Å². The Morgan fingerprint density at radius 3 is 2.70 bits per heavy atom. The fraction of sp³-hybridized carbons (Fsp3) is 0.562. The van der Waals surface area contributed by atoms with Gasteiger partial charge in [-0.05, 0) is 25.8 Å². The monoisotopic (exact) mass is 279 g/mol. The molecule has 1 aromatic rings. The number of hydrogen-bond donors (Lipinski definition) is 1. The average Bonchev–Trinajstić information content (AvgIpc) is 2.48. The van der Waals surface area contributed by atoms with Gasteiger partial charge < -0.3 is 4.74 Å². The van der Waals surface area contributed by atoms with Crippen LogP contribution in [0.15, 0.2) is 18.2 Å². The molecule has 1 N–H and O–H groups in total. The van der Waals surface area contributed by atoms with E-state index in [9.17, 15) is 9.18 Å². The topological polar surface area (TPSA) is 38.3 Å². The van der Waals surface area contributed by atoms with E-state index in [-0.39, 0.29) is 11.9 Å². The fourth-order valence-electron chi connectivity index (χ4n) is 2.79. The summed E-state index contributed by atoms with van der Waals surface area (Å²) in [6.07, 6.45) is 5.60. The number of aryl methyl sites for hydroxylation is 1. The van der Waals surface area contributed by atoms with E-state index in [0.717, 1.165) is 31.2 Å². The van der Waals surface area contributed by atoms with Gasteiger partial charge in [0.05, 0.1) is 7.11 Å². The van der Waals surface area contributed by atoms with Gasteiger partial charge in [-0.1, -0.05) is 37.0 Å². The normalized spacial score (nSPS) is 17.8. The molecule has 0 radical (unpaired) electrons. The van der Waals surface area contributed by atoms with Crippen LogP contribution >= 0.6 is 0 Å². The van der Waals surface area contributed by atoms with Gasteiger partial charge in [0.15, 0.2) is 0 Å². The van der Waals surface area contributed by atoms with Crippen LogP contribution < -0.4 is 5.32 Å². The number of carbonyl (C=O) groups excluding carboxylic acids is 1. The lowest BCUT2D eigenvalue weighted by Crippen LogP contribution is -2.39. The van der Waals surface area contributed by atoms with E-state index >= 15 is 0 Å². The zero-order valence-corrected chi connectivity index (χ0v) is 12.1. The number of halogens is 1. The van der Waals surface area contributed by atoms with E-state index in [4.69, 9.17) is 4.74 Å². The number of hydrogen-bond acceptors (Lipinski definition) is 3. The molecule has 1 aliphatic rings. The lowest BCUT2D eigenvalue weighted by atomic mass is 9.93. The van der Waals surface area contributed by atoms with Gasteiger partial charge in [0.1, 0.15) is 11.9 Å². The average molecular weight is 279 g/mol. The minimum Gasteiger partial charge on any atom is -0.468 e. The maximum atomic E-state index is 14.0. The third-order valence-electron chi connectivity index (χ3n) is 3.91. The van der Waals surface area contributed by atoms with Gasteiger partial charge in [-0.2, -0.15) is 0 Å². The highest BCUT2D eigenvalue weighted by Crippen LogP contribution is 2.24. The number of esters is 1. The quantitative estimate of drug-likeness (QED) is 0.860. The van der Waals surface area contributed by atoms with E-state index in [1.807, 2.05) is 6.92 Å². The first-order chi connectivity index (χ1) is 9.61. The Balaban J connectivity index is 2.22. The Morgan fingerprint density at radius 2 is 2.05 bits per heavy atom. The molecule has 0 heterocycles. The zero-order valence-electron chi connectivity index (χ0n) is 12.1. The van der Waals surface area contributed by atoms with E-state index in [2.05, 4.69) is 5.32 Å². The van der Waals surface area contributed by atoms with Crippen molar-refractivity contribution in [1.82, 2.24) is 5.32 Å². The fourth-order valence-corrected chi connectivity index (χ4v) is 2.79. The van der Waals surface area contributed by atoms with E-state index in [1.54, 1.807) is 12.1 Å². The summed E-state index contributed by atoms with van der Waals surface area (Å²) >= 11 is 0. The molecule has 0 amide bonds. The summed E-state index contributed by atoms with van der Waals surface area (Å²) < 4.78 is 18.9. The third kappa shape index (κ3) is 3.57. The molecule has 0 aromatic heterocycles. The van der Waals surface area contributed by atoms with Gasteiger partial charge >= 0.3 is 5.97 Å². The second-order valence-corrected chi connectivity index (χ2v) is 5.48. The molecule has 0 saturated heterocycles. The third-order valence-corrected chi connectivity index (χ3v) is 3.91. The molecule has 1 aliphatic carbocycles. The molecule has 0 spiro atoms. The van der Waals surface area contributed by atoms with Crippen LogP contribution in [0.3, 0.4) is 0 Å². The van der Waals surface area contributed by atoms with Crippen molar-refractivity contribution in [1.29, 1.82) is 0 Å². The number of benzene rings is 1. The minimum absolute atomic E-state index is 0.257. The molecule has 20 heavy (non-hydrogen) atoms. The SMILES string of the molecule is COC(=O)C(NC1CCCCC1)c1cc(C)ccc1F. The summed E-state index contributed by atoms with van der Waals surface area (Å²) in [5.74, 6) is -0.797. The summed E-state index contributed by atoms with van der Waals surface area (Å²) in [6, 6.07) is 4.36. The molecule has 2 rings (SSSR count). The Bertz CT molecular complexity index is 470. The van der Waals surface area contributed by atoms with Crippen LogP contribution in [-0.4, -0.2) is 19.1 Å². The molecule has 1 fully saturated rings. The van der Waals surface area contributed by atoms with Crippen LogP contribution in [0.4, 0.5) is 4.39 Å². The Kier molecular flexibility index (Phi) is 5.12. The first-order valence-electron chi connectivity index (χ1n) is 7.21. The molecule has 1 unspecified atom stereocenters. The highest BCUT2D eigenvalue weighted by atomic mass is 19.1. The number of nitrogens with one attached hydrogen (secondary N) is 1. The summed E-state index contributed by atoms with van der Waals surface area (Å²) in [6.45, 7) is 1.89. The van der Waals surface area contributed by atoms with Crippen LogP contribution in [0.2, 0.25) is 0 Å². The van der Waals surface area contributed by atoms with Crippen molar-refractivity contribution >= 4 is 5.97 Å². The maximum absolute atomic E-state index is 14.0. The predicted octanol–water partition coefficient (Wildman–Crippen LogP) is 3.27.